The Bertz CT molecular complexity index is 1090. The van der Waals surface area contributed by atoms with Crippen LogP contribution in [0.5, 0.6) is 0 Å². The van der Waals surface area contributed by atoms with Crippen LogP contribution in [0.1, 0.15) is 47.3 Å². The molecule has 0 spiro atoms. The van der Waals surface area contributed by atoms with E-state index in [-0.39, 0.29) is 11.8 Å². The molecule has 0 fully saturated rings. The van der Waals surface area contributed by atoms with Gasteiger partial charge in [-0.1, -0.05) is 53.1 Å². The van der Waals surface area contributed by atoms with E-state index in [9.17, 15) is 13.2 Å². The van der Waals surface area contributed by atoms with Crippen LogP contribution in [0.25, 0.3) is 0 Å². The van der Waals surface area contributed by atoms with Gasteiger partial charge in [0.1, 0.15) is 6.04 Å². The summed E-state index contributed by atoms with van der Waals surface area (Å²) in [5, 5.41) is 9.39. The lowest BCUT2D eigenvalue weighted by molar-refractivity contribution is 0.0929. The highest BCUT2D eigenvalue weighted by Gasteiger charge is 2.29. The lowest BCUT2D eigenvalue weighted by Crippen LogP contribution is -2.30. The summed E-state index contributed by atoms with van der Waals surface area (Å²) >= 11 is 0. The van der Waals surface area contributed by atoms with E-state index in [0.29, 0.717) is 12.0 Å². The largest absolute Gasteiger partial charge is 0.410 e. The molecule has 1 atom stereocenters. The van der Waals surface area contributed by atoms with Crippen LogP contribution in [0.15, 0.2) is 64.2 Å². The van der Waals surface area contributed by atoms with E-state index in [4.69, 9.17) is 4.42 Å². The lowest BCUT2D eigenvalue weighted by atomic mass is 10.0. The molecule has 0 radical (unpaired) electrons. The van der Waals surface area contributed by atoms with E-state index >= 15 is 0 Å². The summed E-state index contributed by atoms with van der Waals surface area (Å²) < 4.78 is 30.1. The summed E-state index contributed by atoms with van der Waals surface area (Å²) in [7, 11) is -3.70. The van der Waals surface area contributed by atoms with Crippen molar-refractivity contribution in [2.24, 2.45) is 0 Å². The number of carbonyl (C=O) groups excluding carboxylic acids is 1. The van der Waals surface area contributed by atoms with E-state index < -0.39 is 26.4 Å². The zero-order chi connectivity index (χ0) is 21.0. The summed E-state index contributed by atoms with van der Waals surface area (Å²) in [5.74, 6) is -0.254. The lowest BCUT2D eigenvalue weighted by Gasteiger charge is -2.16. The Morgan fingerprint density at radius 3 is 2.45 bits per heavy atom. The number of rotatable bonds is 7. The fourth-order valence-electron chi connectivity index (χ4n) is 2.76. The van der Waals surface area contributed by atoms with E-state index in [1.165, 1.54) is 0 Å². The molecule has 0 aliphatic heterocycles. The molecular weight excluding hydrogens is 390 g/mol. The van der Waals surface area contributed by atoms with Gasteiger partial charge >= 0.3 is 5.22 Å². The molecule has 29 heavy (non-hydrogen) atoms. The van der Waals surface area contributed by atoms with Gasteiger partial charge in [-0.15, -0.1) is 5.10 Å². The summed E-state index contributed by atoms with van der Waals surface area (Å²) in [6, 6.07) is 16.0. The Hall–Kier alpha value is -3.00. The molecule has 3 rings (SSSR count). The zero-order valence-corrected chi connectivity index (χ0v) is 17.3. The van der Waals surface area contributed by atoms with Crippen molar-refractivity contribution in [1.82, 2.24) is 15.5 Å². The summed E-state index contributed by atoms with van der Waals surface area (Å²) in [5.41, 5.74) is 2.39. The van der Waals surface area contributed by atoms with E-state index in [1.807, 2.05) is 43.3 Å². The highest BCUT2D eigenvalue weighted by Crippen LogP contribution is 2.22. The molecule has 152 valence electrons. The average molecular weight is 413 g/mol. The summed E-state index contributed by atoms with van der Waals surface area (Å²) in [6.07, 6.45) is 0.377. The first-order valence-electron chi connectivity index (χ1n) is 9.26. The van der Waals surface area contributed by atoms with Gasteiger partial charge in [0.25, 0.3) is 5.91 Å². The van der Waals surface area contributed by atoms with Gasteiger partial charge < -0.3 is 9.73 Å². The van der Waals surface area contributed by atoms with Crippen molar-refractivity contribution in [3.63, 3.8) is 0 Å². The van der Waals surface area contributed by atoms with Crippen LogP contribution in [0.3, 0.4) is 0 Å². The fraction of sp³-hybridized carbons (Fsp3) is 0.286. The molecule has 0 saturated heterocycles. The van der Waals surface area contributed by atoms with Gasteiger partial charge in [0, 0.05) is 12.0 Å². The molecule has 0 bridgehead atoms. The Balaban J connectivity index is 1.91. The number of sulfone groups is 1. The highest BCUT2D eigenvalue weighted by atomic mass is 32.2. The number of nitrogens with one attached hydrogen (secondary N) is 1. The Morgan fingerprint density at radius 2 is 1.79 bits per heavy atom. The third kappa shape index (κ3) is 4.89. The van der Waals surface area contributed by atoms with Crippen molar-refractivity contribution in [3.05, 3.63) is 77.2 Å². The highest BCUT2D eigenvalue weighted by molar-refractivity contribution is 7.91. The van der Waals surface area contributed by atoms with Crippen molar-refractivity contribution in [1.29, 1.82) is 0 Å². The number of hydrogen-bond acceptors (Lipinski definition) is 6. The van der Waals surface area contributed by atoms with Crippen LogP contribution in [-0.4, -0.2) is 29.8 Å². The number of aromatic nitrogens is 2. The second-order valence-electron chi connectivity index (χ2n) is 7.09. The van der Waals surface area contributed by atoms with Crippen LogP contribution in [0.2, 0.25) is 0 Å². The quantitative estimate of drug-likeness (QED) is 0.638. The molecule has 1 amide bonds. The molecule has 8 heteroatoms. The minimum absolute atomic E-state index is 0.0501. The first-order chi connectivity index (χ1) is 13.8. The van der Waals surface area contributed by atoms with Gasteiger partial charge in [-0.25, -0.2) is 8.42 Å². The molecule has 1 N–H and O–H groups in total. The number of benzene rings is 2. The van der Waals surface area contributed by atoms with Crippen molar-refractivity contribution >= 4 is 15.7 Å². The third-order valence-corrected chi connectivity index (χ3v) is 6.35. The second-order valence-corrected chi connectivity index (χ2v) is 9.47. The molecule has 0 aliphatic rings. The van der Waals surface area contributed by atoms with Crippen molar-refractivity contribution in [2.45, 2.75) is 43.7 Å². The minimum Gasteiger partial charge on any atom is -0.410 e. The van der Waals surface area contributed by atoms with Crippen molar-refractivity contribution in [3.8, 4) is 0 Å². The maximum atomic E-state index is 12.8. The topological polar surface area (TPSA) is 102 Å². The number of aryl methyl sites for hydroxylation is 1. The van der Waals surface area contributed by atoms with E-state index in [2.05, 4.69) is 15.5 Å². The van der Waals surface area contributed by atoms with Crippen molar-refractivity contribution in [2.75, 3.05) is 0 Å². The molecule has 2 aromatic carbocycles. The maximum absolute atomic E-state index is 12.8. The summed E-state index contributed by atoms with van der Waals surface area (Å²) in [6.45, 7) is 4.99. The second kappa shape index (κ2) is 8.57. The van der Waals surface area contributed by atoms with Gasteiger partial charge in [0.2, 0.25) is 15.7 Å². The van der Waals surface area contributed by atoms with Crippen LogP contribution < -0.4 is 5.32 Å². The number of nitrogens with zero attached hydrogens (tertiary/aromatic N) is 2. The first kappa shape index (κ1) is 20.7. The van der Waals surface area contributed by atoms with Gasteiger partial charge in [0.15, 0.2) is 0 Å². The molecule has 7 nitrogen and oxygen atoms in total. The predicted molar refractivity (Wildman–Crippen MR) is 108 cm³/mol. The maximum Gasteiger partial charge on any atom is 0.335 e. The fourth-order valence-corrected chi connectivity index (χ4v) is 3.52. The molecule has 3 aromatic rings. The molecule has 0 saturated carbocycles. The Kier molecular flexibility index (Phi) is 6.12. The summed E-state index contributed by atoms with van der Waals surface area (Å²) in [4.78, 5) is 12.8. The van der Waals surface area contributed by atoms with Crippen molar-refractivity contribution < 1.29 is 17.6 Å². The Morgan fingerprint density at radius 1 is 1.07 bits per heavy atom. The molecule has 0 unspecified atom stereocenters. The Labute approximate surface area is 170 Å². The number of hydrogen-bond donors (Lipinski definition) is 1. The van der Waals surface area contributed by atoms with Crippen LogP contribution >= 0.6 is 0 Å². The average Bonchev–Trinajstić information content (AvgIpc) is 3.19. The zero-order valence-electron chi connectivity index (χ0n) is 16.5. The molecule has 0 aliphatic carbocycles. The van der Waals surface area contributed by atoms with Gasteiger partial charge in [-0.3, -0.25) is 4.79 Å². The van der Waals surface area contributed by atoms with E-state index in [1.54, 1.807) is 32.0 Å². The molecule has 1 aromatic heterocycles. The monoisotopic (exact) mass is 413 g/mol. The first-order valence-corrected chi connectivity index (χ1v) is 10.8. The number of carbonyl (C=O) groups is 1. The van der Waals surface area contributed by atoms with Crippen LogP contribution in [0, 0.1) is 6.92 Å². The van der Waals surface area contributed by atoms with Gasteiger partial charge in [0.05, 0.1) is 5.25 Å². The van der Waals surface area contributed by atoms with E-state index in [0.717, 1.165) is 11.1 Å². The third-order valence-electron chi connectivity index (χ3n) is 4.45. The molecule has 1 heterocycles. The SMILES string of the molecule is Cc1cccc(C(=O)N[C@@H](Cc2ccccc2)c2nnc(S(=O)(=O)C(C)C)o2)c1. The number of amides is 1. The smallest absolute Gasteiger partial charge is 0.335 e. The van der Waals surface area contributed by atoms with Crippen LogP contribution in [-0.2, 0) is 16.3 Å². The van der Waals surface area contributed by atoms with Gasteiger partial charge in [-0.05, 0) is 38.5 Å². The van der Waals surface area contributed by atoms with Crippen LogP contribution in [0.4, 0.5) is 0 Å². The standard InChI is InChI=1S/C21H23N3O4S/c1-14(2)29(26,27)21-24-23-20(28-21)18(13-16-9-5-4-6-10-16)22-19(25)17-11-7-8-15(3)12-17/h4-12,14,18H,13H2,1-3H3,(H,22,25)/t18-/m0/s1. The molecular formula is C21H23N3O4S. The normalized spacial score (nSPS) is 12.7. The van der Waals surface area contributed by atoms with Gasteiger partial charge in [-0.2, -0.15) is 0 Å². The predicted octanol–water partition coefficient (Wildman–Crippen LogP) is 3.27. The minimum atomic E-state index is -3.70.